The van der Waals surface area contributed by atoms with Crippen molar-refractivity contribution < 1.29 is 14.7 Å². The first kappa shape index (κ1) is 12.3. The maximum absolute atomic E-state index is 10.9. The van der Waals surface area contributed by atoms with Crippen molar-refractivity contribution in [3.63, 3.8) is 0 Å². The highest BCUT2D eigenvalue weighted by Gasteiger charge is 2.07. The lowest BCUT2D eigenvalue weighted by Crippen LogP contribution is -1.96. The Labute approximate surface area is 109 Å². The molecule has 1 N–H and O–H groups in total. The van der Waals surface area contributed by atoms with Crippen LogP contribution in [0.1, 0.15) is 20.7 Å². The number of carbonyl (C=O) groups excluding carboxylic acids is 1. The van der Waals surface area contributed by atoms with Crippen molar-refractivity contribution in [3.05, 3.63) is 58.6 Å². The van der Waals surface area contributed by atoms with E-state index in [1.54, 1.807) is 36.4 Å². The molecule has 18 heavy (non-hydrogen) atoms. The number of aromatic carboxylic acids is 1. The van der Waals surface area contributed by atoms with Crippen molar-refractivity contribution in [2.24, 2.45) is 0 Å². The van der Waals surface area contributed by atoms with Crippen LogP contribution in [-0.2, 0) is 0 Å². The molecule has 0 fully saturated rings. The summed E-state index contributed by atoms with van der Waals surface area (Å²) in [6.45, 7) is 0. The van der Waals surface area contributed by atoms with Crippen molar-refractivity contribution in [1.82, 2.24) is 0 Å². The molecule has 0 aliphatic rings. The third kappa shape index (κ3) is 2.57. The van der Waals surface area contributed by atoms with E-state index in [2.05, 4.69) is 0 Å². The van der Waals surface area contributed by atoms with Crippen LogP contribution in [0.5, 0.6) is 0 Å². The molecule has 0 saturated heterocycles. The summed E-state index contributed by atoms with van der Waals surface area (Å²) in [4.78, 5) is 21.5. The number of carboxylic acid groups (broad SMARTS) is 1. The van der Waals surface area contributed by atoms with Gasteiger partial charge in [0.05, 0.1) is 5.56 Å². The maximum Gasteiger partial charge on any atom is 0.335 e. The first-order valence-electron chi connectivity index (χ1n) is 5.19. The summed E-state index contributed by atoms with van der Waals surface area (Å²) < 4.78 is 0. The molecule has 2 aromatic rings. The zero-order valence-corrected chi connectivity index (χ0v) is 10.0. The van der Waals surface area contributed by atoms with Gasteiger partial charge in [-0.2, -0.15) is 0 Å². The van der Waals surface area contributed by atoms with Crippen molar-refractivity contribution >= 4 is 23.9 Å². The highest BCUT2D eigenvalue weighted by molar-refractivity contribution is 6.31. The van der Waals surface area contributed by atoms with Crippen molar-refractivity contribution in [2.45, 2.75) is 0 Å². The second-order valence-corrected chi connectivity index (χ2v) is 4.21. The third-order valence-electron chi connectivity index (χ3n) is 2.52. The number of aldehydes is 1. The standard InChI is InChI=1S/C14H9ClO3/c15-13-6-11(5-12(7-13)14(17)18)10-3-1-9(8-16)2-4-10/h1-8H,(H,17,18). The molecule has 0 aliphatic carbocycles. The molecular formula is C14H9ClO3. The van der Waals surface area contributed by atoms with Gasteiger partial charge in [-0.25, -0.2) is 4.79 Å². The summed E-state index contributed by atoms with van der Waals surface area (Å²) in [6.07, 6.45) is 0.754. The Balaban J connectivity index is 2.49. The van der Waals surface area contributed by atoms with Crippen LogP contribution in [-0.4, -0.2) is 17.4 Å². The average molecular weight is 261 g/mol. The van der Waals surface area contributed by atoms with E-state index in [1.165, 1.54) is 6.07 Å². The number of hydrogen-bond acceptors (Lipinski definition) is 2. The number of halogens is 1. The second kappa shape index (κ2) is 5.02. The van der Waals surface area contributed by atoms with E-state index in [0.717, 1.165) is 11.8 Å². The number of rotatable bonds is 3. The van der Waals surface area contributed by atoms with Gasteiger partial charge in [0.2, 0.25) is 0 Å². The topological polar surface area (TPSA) is 54.4 Å². The summed E-state index contributed by atoms with van der Waals surface area (Å²) in [6, 6.07) is 11.5. The second-order valence-electron chi connectivity index (χ2n) is 3.77. The maximum atomic E-state index is 10.9. The first-order chi connectivity index (χ1) is 8.60. The predicted molar refractivity (Wildman–Crippen MR) is 69.2 cm³/mol. The molecule has 0 spiro atoms. The molecule has 4 heteroatoms. The van der Waals surface area contributed by atoms with E-state index in [1.807, 2.05) is 0 Å². The molecule has 0 heterocycles. The van der Waals surface area contributed by atoms with Gasteiger partial charge in [-0.05, 0) is 29.3 Å². The van der Waals surface area contributed by atoms with Gasteiger partial charge in [-0.15, -0.1) is 0 Å². The molecule has 0 atom stereocenters. The van der Waals surface area contributed by atoms with Crippen LogP contribution in [0.4, 0.5) is 0 Å². The van der Waals surface area contributed by atoms with Crippen molar-refractivity contribution in [2.75, 3.05) is 0 Å². The normalized spacial score (nSPS) is 10.1. The highest BCUT2D eigenvalue weighted by Crippen LogP contribution is 2.25. The smallest absolute Gasteiger partial charge is 0.335 e. The predicted octanol–water partition coefficient (Wildman–Crippen LogP) is 3.52. The highest BCUT2D eigenvalue weighted by atomic mass is 35.5. The summed E-state index contributed by atoms with van der Waals surface area (Å²) in [5, 5.41) is 9.32. The lowest BCUT2D eigenvalue weighted by molar-refractivity contribution is 0.0696. The van der Waals surface area contributed by atoms with Crippen molar-refractivity contribution in [3.8, 4) is 11.1 Å². The van der Waals surface area contributed by atoms with Crippen LogP contribution in [0.15, 0.2) is 42.5 Å². The minimum Gasteiger partial charge on any atom is -0.478 e. The Hall–Kier alpha value is -2.13. The Kier molecular flexibility index (Phi) is 3.44. The molecule has 0 radical (unpaired) electrons. The number of hydrogen-bond donors (Lipinski definition) is 1. The van der Waals surface area contributed by atoms with Gasteiger partial charge in [0.1, 0.15) is 6.29 Å². The zero-order chi connectivity index (χ0) is 13.1. The molecule has 0 amide bonds. The van der Waals surface area contributed by atoms with Crippen molar-refractivity contribution in [1.29, 1.82) is 0 Å². The number of carboxylic acids is 1. The molecular weight excluding hydrogens is 252 g/mol. The Morgan fingerprint density at radius 1 is 1.06 bits per heavy atom. The Morgan fingerprint density at radius 3 is 2.28 bits per heavy atom. The molecule has 0 saturated carbocycles. The van der Waals surface area contributed by atoms with E-state index in [9.17, 15) is 9.59 Å². The Morgan fingerprint density at radius 2 is 1.72 bits per heavy atom. The first-order valence-corrected chi connectivity index (χ1v) is 5.57. The van der Waals surface area contributed by atoms with E-state index in [0.29, 0.717) is 16.1 Å². The molecule has 2 rings (SSSR count). The lowest BCUT2D eigenvalue weighted by Gasteiger charge is -2.04. The fraction of sp³-hybridized carbons (Fsp3) is 0. The minimum absolute atomic E-state index is 0.136. The average Bonchev–Trinajstić information content (AvgIpc) is 2.38. The molecule has 0 unspecified atom stereocenters. The van der Waals surface area contributed by atoms with Gasteiger partial charge >= 0.3 is 5.97 Å². The summed E-state index contributed by atoms with van der Waals surface area (Å²) in [7, 11) is 0. The van der Waals surface area contributed by atoms with Gasteiger partial charge < -0.3 is 5.11 Å². The number of benzene rings is 2. The quantitative estimate of drug-likeness (QED) is 0.859. The van der Waals surface area contributed by atoms with Crippen LogP contribution < -0.4 is 0 Å². The molecule has 0 aliphatic heterocycles. The van der Waals surface area contributed by atoms with Gasteiger partial charge in [0.25, 0.3) is 0 Å². The summed E-state index contributed by atoms with van der Waals surface area (Å²) in [5.41, 5.74) is 2.22. The third-order valence-corrected chi connectivity index (χ3v) is 2.74. The SMILES string of the molecule is O=Cc1ccc(-c2cc(Cl)cc(C(=O)O)c2)cc1. The van der Waals surface area contributed by atoms with Gasteiger partial charge in [-0.3, -0.25) is 4.79 Å². The van der Waals surface area contributed by atoms with Crippen LogP contribution in [0.2, 0.25) is 5.02 Å². The lowest BCUT2D eigenvalue weighted by atomic mass is 10.0. The van der Waals surface area contributed by atoms with Gasteiger partial charge in [0.15, 0.2) is 0 Å². The Bertz CT molecular complexity index is 603. The van der Waals surface area contributed by atoms with E-state index < -0.39 is 5.97 Å². The molecule has 0 aromatic heterocycles. The largest absolute Gasteiger partial charge is 0.478 e. The van der Waals surface area contributed by atoms with Crippen LogP contribution in [0.3, 0.4) is 0 Å². The molecule has 90 valence electrons. The van der Waals surface area contributed by atoms with Gasteiger partial charge in [0, 0.05) is 10.6 Å². The number of carbonyl (C=O) groups is 2. The van der Waals surface area contributed by atoms with Gasteiger partial charge in [-0.1, -0.05) is 35.9 Å². The summed E-state index contributed by atoms with van der Waals surface area (Å²) >= 11 is 5.88. The monoisotopic (exact) mass is 260 g/mol. The van der Waals surface area contributed by atoms with E-state index in [-0.39, 0.29) is 5.56 Å². The van der Waals surface area contributed by atoms with Crippen LogP contribution in [0.25, 0.3) is 11.1 Å². The summed E-state index contributed by atoms with van der Waals surface area (Å²) in [5.74, 6) is -1.02. The van der Waals surface area contributed by atoms with Crippen LogP contribution in [0, 0.1) is 0 Å². The fourth-order valence-corrected chi connectivity index (χ4v) is 1.87. The molecule has 2 aromatic carbocycles. The van der Waals surface area contributed by atoms with E-state index in [4.69, 9.17) is 16.7 Å². The fourth-order valence-electron chi connectivity index (χ4n) is 1.63. The van der Waals surface area contributed by atoms with Crippen LogP contribution >= 0.6 is 11.6 Å². The zero-order valence-electron chi connectivity index (χ0n) is 9.26. The molecule has 3 nitrogen and oxygen atoms in total. The van der Waals surface area contributed by atoms with E-state index >= 15 is 0 Å². The molecule has 0 bridgehead atoms. The minimum atomic E-state index is -1.02.